The van der Waals surface area contributed by atoms with Crippen LogP contribution in [0.4, 0.5) is 4.79 Å². The largest absolute Gasteiger partial charge is 0.449 e. The molecular weight excluding hydrogens is 637 g/mol. The van der Waals surface area contributed by atoms with Gasteiger partial charge in [0.2, 0.25) is 0 Å². The van der Waals surface area contributed by atoms with Gasteiger partial charge in [-0.25, -0.2) is 4.79 Å². The topological polar surface area (TPSA) is 70.6 Å². The molecule has 0 heterocycles. The maximum absolute atomic E-state index is 13.8. The fourth-order valence-electron chi connectivity index (χ4n) is 7.18. The number of carbonyl (C=O) groups excluding carboxylic acids is 1. The van der Waals surface area contributed by atoms with Gasteiger partial charge in [-0.2, -0.15) is 0 Å². The monoisotopic (exact) mass is 684 g/mol. The third-order valence-electron chi connectivity index (χ3n) is 9.70. The second-order valence-corrected chi connectivity index (χ2v) is 14.7. The number of unbranched alkanes of at least 4 members (excludes halogenated alkanes) is 2. The summed E-state index contributed by atoms with van der Waals surface area (Å²) in [6.07, 6.45) is 2.20. The van der Waals surface area contributed by atoms with E-state index in [2.05, 4.69) is 164 Å². The average molecular weight is 685 g/mol. The Balaban J connectivity index is 1.31. The number of ether oxygens (including phenoxy) is 1. The highest BCUT2D eigenvalue weighted by Gasteiger charge is 2.42. The zero-order valence-corrected chi connectivity index (χ0v) is 29.8. The summed E-state index contributed by atoms with van der Waals surface area (Å²) in [5.74, 6) is 0.0836. The van der Waals surface area contributed by atoms with E-state index in [9.17, 15) is 9.90 Å². The van der Waals surface area contributed by atoms with Crippen LogP contribution < -0.4 is 10.6 Å². The van der Waals surface area contributed by atoms with Crippen molar-refractivity contribution in [1.82, 2.24) is 10.6 Å². The highest BCUT2D eigenvalue weighted by atomic mass is 32.2. The molecule has 0 saturated heterocycles. The maximum Gasteiger partial charge on any atom is 0.407 e. The number of alkyl carbamates (subject to hydrolysis) is 1. The third-order valence-corrected chi connectivity index (χ3v) is 11.5. The van der Waals surface area contributed by atoms with Crippen LogP contribution in [0, 0.1) is 5.92 Å². The first-order valence-electron chi connectivity index (χ1n) is 17.8. The predicted octanol–water partition coefficient (Wildman–Crippen LogP) is 9.35. The Morgan fingerprint density at radius 1 is 0.700 bits per heavy atom. The van der Waals surface area contributed by atoms with Gasteiger partial charge in [0.05, 0.1) is 16.2 Å². The first kappa shape index (κ1) is 35.5. The van der Waals surface area contributed by atoms with Gasteiger partial charge in [-0.1, -0.05) is 153 Å². The van der Waals surface area contributed by atoms with Gasteiger partial charge < -0.3 is 20.5 Å². The Bertz CT molecular complexity index is 1660. The minimum Gasteiger partial charge on any atom is -0.449 e. The van der Waals surface area contributed by atoms with E-state index in [4.69, 9.17) is 4.74 Å². The minimum atomic E-state index is -0.581. The molecular formula is C44H48N2O3S. The molecule has 1 amide bonds. The van der Waals surface area contributed by atoms with Crippen LogP contribution in [-0.2, 0) is 9.48 Å². The van der Waals surface area contributed by atoms with Gasteiger partial charge in [0.1, 0.15) is 6.61 Å². The van der Waals surface area contributed by atoms with Crippen molar-refractivity contribution in [2.45, 2.75) is 55.2 Å². The van der Waals surface area contributed by atoms with Gasteiger partial charge in [0.25, 0.3) is 0 Å². The van der Waals surface area contributed by atoms with Crippen LogP contribution in [0.3, 0.4) is 0 Å². The van der Waals surface area contributed by atoms with Crippen LogP contribution in [0.2, 0.25) is 0 Å². The van der Waals surface area contributed by atoms with Gasteiger partial charge in [-0.05, 0) is 70.7 Å². The van der Waals surface area contributed by atoms with E-state index in [0.717, 1.165) is 42.5 Å². The normalized spacial score (nSPS) is 13.8. The SMILES string of the molecule is CC(C)C(NC(=O)OCC1c2ccccc2-c2ccccc21)[C@H](NCCCCCO)SC(c1ccccc1)(c1ccccc1)c1ccccc1. The number of hydrogen-bond acceptors (Lipinski definition) is 5. The van der Waals surface area contributed by atoms with Crippen molar-refractivity contribution >= 4 is 17.9 Å². The molecule has 6 heteroatoms. The fourth-order valence-corrected chi connectivity index (χ4v) is 9.11. The van der Waals surface area contributed by atoms with Crippen molar-refractivity contribution in [3.63, 3.8) is 0 Å². The molecule has 0 spiro atoms. The molecule has 5 nitrogen and oxygen atoms in total. The fraction of sp³-hybridized carbons (Fsp3) is 0.295. The summed E-state index contributed by atoms with van der Waals surface area (Å²) < 4.78 is 5.52. The van der Waals surface area contributed by atoms with E-state index in [0.29, 0.717) is 0 Å². The van der Waals surface area contributed by atoms with Crippen LogP contribution in [0.25, 0.3) is 11.1 Å². The summed E-state index contributed by atoms with van der Waals surface area (Å²) in [4.78, 5) is 13.8. The summed E-state index contributed by atoms with van der Waals surface area (Å²) in [6.45, 7) is 5.52. The molecule has 3 N–H and O–H groups in total. The number of thioether (sulfide) groups is 1. The van der Waals surface area contributed by atoms with Gasteiger partial charge in [0.15, 0.2) is 0 Å². The van der Waals surface area contributed by atoms with Crippen LogP contribution >= 0.6 is 11.8 Å². The van der Waals surface area contributed by atoms with E-state index in [1.165, 1.54) is 22.3 Å². The molecule has 0 saturated carbocycles. The molecule has 5 aromatic rings. The Morgan fingerprint density at radius 3 is 1.66 bits per heavy atom. The number of aliphatic hydroxyl groups excluding tert-OH is 1. The number of rotatable bonds is 16. The van der Waals surface area contributed by atoms with Gasteiger partial charge in [0, 0.05) is 12.5 Å². The second-order valence-electron chi connectivity index (χ2n) is 13.3. The van der Waals surface area contributed by atoms with Gasteiger partial charge in [-0.15, -0.1) is 11.8 Å². The lowest BCUT2D eigenvalue weighted by atomic mass is 9.84. The number of carbonyl (C=O) groups is 1. The van der Waals surface area contributed by atoms with E-state index < -0.39 is 10.8 Å². The highest BCUT2D eigenvalue weighted by molar-refractivity contribution is 8.01. The van der Waals surface area contributed by atoms with E-state index in [1.807, 2.05) is 11.8 Å². The van der Waals surface area contributed by atoms with Gasteiger partial charge in [-0.3, -0.25) is 0 Å². The number of fused-ring (bicyclic) bond motifs is 3. The van der Waals surface area contributed by atoms with Crippen LogP contribution in [0.15, 0.2) is 140 Å². The number of nitrogens with one attached hydrogen (secondary N) is 2. The molecule has 2 atom stereocenters. The summed E-state index contributed by atoms with van der Waals surface area (Å²) in [6, 6.07) is 48.5. The maximum atomic E-state index is 13.8. The standard InChI is InChI=1S/C44H48N2O3S/c1-32(2)41(46-43(48)49-31-40-38-27-15-13-25-36(38)37-26-14-16-28-39(37)40)42(45-29-17-6-18-30-47)50-44(33-19-7-3-8-20-33,34-21-9-4-10-22-34)35-23-11-5-12-24-35/h3-5,7-16,19-28,32,40-42,45,47H,6,17-18,29-31H2,1-2H3,(H,46,48)/t41?,42-/m1/s1. The van der Waals surface area contributed by atoms with Crippen LogP contribution in [-0.4, -0.2) is 42.4 Å². The first-order chi connectivity index (χ1) is 24.5. The van der Waals surface area contributed by atoms with Crippen LogP contribution in [0.1, 0.15) is 66.8 Å². The zero-order chi connectivity index (χ0) is 34.8. The third kappa shape index (κ3) is 7.83. The molecule has 1 unspecified atom stereocenters. The van der Waals surface area contributed by atoms with Crippen LogP contribution in [0.5, 0.6) is 0 Å². The Kier molecular flexibility index (Phi) is 12.1. The summed E-state index contributed by atoms with van der Waals surface area (Å²) in [7, 11) is 0. The highest BCUT2D eigenvalue weighted by Crippen LogP contribution is 2.51. The number of hydrogen-bond donors (Lipinski definition) is 3. The molecule has 50 heavy (non-hydrogen) atoms. The summed E-state index contributed by atoms with van der Waals surface area (Å²) in [5.41, 5.74) is 8.29. The lowest BCUT2D eigenvalue weighted by Crippen LogP contribution is -2.53. The lowest BCUT2D eigenvalue weighted by Gasteiger charge is -2.41. The van der Waals surface area contributed by atoms with E-state index in [-0.39, 0.29) is 36.5 Å². The van der Waals surface area contributed by atoms with Crippen molar-refractivity contribution < 1.29 is 14.6 Å². The quantitative estimate of drug-likeness (QED) is 0.0549. The van der Waals surface area contributed by atoms with E-state index in [1.54, 1.807) is 0 Å². The molecule has 6 rings (SSSR count). The molecule has 5 aromatic carbocycles. The Morgan fingerprint density at radius 2 is 1.18 bits per heavy atom. The average Bonchev–Trinajstić information content (AvgIpc) is 3.49. The zero-order valence-electron chi connectivity index (χ0n) is 29.0. The Labute approximate surface area is 301 Å². The molecule has 0 bridgehead atoms. The number of benzene rings is 5. The molecule has 0 aromatic heterocycles. The van der Waals surface area contributed by atoms with Gasteiger partial charge >= 0.3 is 6.09 Å². The second kappa shape index (κ2) is 17.0. The van der Waals surface area contributed by atoms with Crippen molar-refractivity contribution in [2.75, 3.05) is 19.8 Å². The molecule has 0 radical (unpaired) electrons. The molecule has 1 aliphatic rings. The molecule has 258 valence electrons. The molecule has 0 aliphatic heterocycles. The predicted molar refractivity (Wildman–Crippen MR) is 206 cm³/mol. The van der Waals surface area contributed by atoms with Crippen molar-refractivity contribution in [2.24, 2.45) is 5.92 Å². The smallest absolute Gasteiger partial charge is 0.407 e. The molecule has 0 fully saturated rings. The summed E-state index contributed by atoms with van der Waals surface area (Å²) in [5, 5.41) is 16.4. The van der Waals surface area contributed by atoms with Crippen molar-refractivity contribution in [1.29, 1.82) is 0 Å². The lowest BCUT2D eigenvalue weighted by molar-refractivity contribution is 0.135. The molecule has 1 aliphatic carbocycles. The number of aliphatic hydroxyl groups is 1. The number of amides is 1. The summed E-state index contributed by atoms with van der Waals surface area (Å²) >= 11 is 1.83. The first-order valence-corrected chi connectivity index (χ1v) is 18.7. The van der Waals surface area contributed by atoms with Crippen molar-refractivity contribution in [3.05, 3.63) is 167 Å². The minimum absolute atomic E-state index is 0.0117. The van der Waals surface area contributed by atoms with E-state index >= 15 is 0 Å². The van der Waals surface area contributed by atoms with Crippen molar-refractivity contribution in [3.8, 4) is 11.1 Å². The Hall–Kier alpha value is -4.36.